The summed E-state index contributed by atoms with van der Waals surface area (Å²) in [6.45, 7) is 9.81. The van der Waals surface area contributed by atoms with Crippen molar-refractivity contribution in [2.45, 2.75) is 83.6 Å². The minimum Gasteiger partial charge on any atom is -0.329 e. The van der Waals surface area contributed by atoms with E-state index in [1.807, 2.05) is 48.2 Å². The van der Waals surface area contributed by atoms with Crippen LogP contribution in [0, 0.1) is 0 Å². The largest absolute Gasteiger partial charge is 0.329 e. The number of aryl methyl sites for hydroxylation is 1. The van der Waals surface area contributed by atoms with E-state index >= 15 is 0 Å². The molecule has 0 radical (unpaired) electrons. The topological polar surface area (TPSA) is 74.3 Å². The van der Waals surface area contributed by atoms with Crippen LogP contribution in [0.5, 0.6) is 0 Å². The van der Waals surface area contributed by atoms with Crippen molar-refractivity contribution in [2.75, 3.05) is 0 Å². The van der Waals surface area contributed by atoms with Crippen molar-refractivity contribution in [3.05, 3.63) is 95.7 Å². The van der Waals surface area contributed by atoms with Gasteiger partial charge in [-0.25, -0.2) is 14.6 Å². The maximum atomic E-state index is 4.67. The van der Waals surface area contributed by atoms with E-state index in [0.717, 1.165) is 42.2 Å². The van der Waals surface area contributed by atoms with Crippen molar-refractivity contribution >= 4 is 11.2 Å². The highest BCUT2D eigenvalue weighted by atomic mass is 15.3. The van der Waals surface area contributed by atoms with Gasteiger partial charge in [-0.15, -0.1) is 0 Å². The van der Waals surface area contributed by atoms with Gasteiger partial charge in [0.15, 0.2) is 5.65 Å². The first kappa shape index (κ1) is 25.4. The molecule has 0 N–H and O–H groups in total. The standard InChI is InChI=1S/C32H37N7/c1-21(2)26-12-31-32(35-17-26)36-20-38(31)8-7-22(3)28-11-30(18-34-15-28)39-19-24(13-37-39)9-23(4)27-10-29(16-33-14-27)25-5-6-25/h10-23,25H,5-9H2,1-4H3/t22-,23-/m1/s1. The summed E-state index contributed by atoms with van der Waals surface area (Å²) in [5.74, 6) is 1.91. The molecule has 1 aliphatic rings. The molecule has 6 rings (SSSR count). The van der Waals surface area contributed by atoms with Crippen LogP contribution in [0.1, 0.15) is 98.4 Å². The molecule has 5 aromatic rings. The third-order valence-corrected chi connectivity index (χ3v) is 8.12. The monoisotopic (exact) mass is 519 g/mol. The molecular weight excluding hydrogens is 482 g/mol. The number of nitrogens with zero attached hydrogens (tertiary/aromatic N) is 7. The van der Waals surface area contributed by atoms with E-state index in [1.165, 1.54) is 40.7 Å². The smallest absolute Gasteiger partial charge is 0.177 e. The molecule has 7 heteroatoms. The minimum atomic E-state index is 0.345. The van der Waals surface area contributed by atoms with Crippen LogP contribution < -0.4 is 0 Å². The summed E-state index contributed by atoms with van der Waals surface area (Å²) in [6, 6.07) is 6.79. The fourth-order valence-corrected chi connectivity index (χ4v) is 5.26. The molecule has 2 atom stereocenters. The fourth-order valence-electron chi connectivity index (χ4n) is 5.26. The molecule has 1 fully saturated rings. The van der Waals surface area contributed by atoms with Crippen LogP contribution in [0.3, 0.4) is 0 Å². The summed E-state index contributed by atoms with van der Waals surface area (Å²) in [6.07, 6.45) is 20.4. The van der Waals surface area contributed by atoms with Gasteiger partial charge in [-0.3, -0.25) is 9.97 Å². The summed E-state index contributed by atoms with van der Waals surface area (Å²) in [4.78, 5) is 18.1. The van der Waals surface area contributed by atoms with Crippen LogP contribution in [0.15, 0.2) is 67.9 Å². The summed E-state index contributed by atoms with van der Waals surface area (Å²) < 4.78 is 4.17. The van der Waals surface area contributed by atoms with Crippen molar-refractivity contribution in [3.63, 3.8) is 0 Å². The zero-order valence-corrected chi connectivity index (χ0v) is 23.3. The lowest BCUT2D eigenvalue weighted by Gasteiger charge is -2.14. The molecular formula is C32H37N7. The average Bonchev–Trinajstić information content (AvgIpc) is 3.58. The second-order valence-corrected chi connectivity index (χ2v) is 11.6. The molecule has 0 aliphatic heterocycles. The van der Waals surface area contributed by atoms with Crippen LogP contribution in [0.4, 0.5) is 0 Å². The Hall–Kier alpha value is -3.87. The third-order valence-electron chi connectivity index (χ3n) is 8.12. The Morgan fingerprint density at radius 1 is 0.821 bits per heavy atom. The number of hydrogen-bond donors (Lipinski definition) is 0. The highest BCUT2D eigenvalue weighted by Crippen LogP contribution is 2.40. The number of aromatic nitrogens is 7. The van der Waals surface area contributed by atoms with Crippen LogP contribution in [-0.2, 0) is 13.0 Å². The van der Waals surface area contributed by atoms with Gasteiger partial charge in [-0.1, -0.05) is 33.8 Å². The summed E-state index contributed by atoms with van der Waals surface area (Å²) >= 11 is 0. The molecule has 0 saturated heterocycles. The predicted molar refractivity (Wildman–Crippen MR) is 154 cm³/mol. The van der Waals surface area contributed by atoms with Gasteiger partial charge in [0, 0.05) is 37.5 Å². The number of hydrogen-bond acceptors (Lipinski definition) is 5. The molecule has 5 heterocycles. The van der Waals surface area contributed by atoms with Gasteiger partial charge in [0.25, 0.3) is 0 Å². The molecule has 0 spiro atoms. The van der Waals surface area contributed by atoms with Crippen molar-refractivity contribution in [3.8, 4) is 5.69 Å². The molecule has 0 aromatic carbocycles. The number of pyridine rings is 3. The second kappa shape index (κ2) is 10.7. The Bertz CT molecular complexity index is 1580. The zero-order valence-electron chi connectivity index (χ0n) is 23.3. The van der Waals surface area contributed by atoms with E-state index in [1.54, 1.807) is 0 Å². The van der Waals surface area contributed by atoms with Gasteiger partial charge in [0.2, 0.25) is 0 Å². The maximum absolute atomic E-state index is 4.67. The maximum Gasteiger partial charge on any atom is 0.177 e. The van der Waals surface area contributed by atoms with E-state index in [2.05, 4.69) is 81.7 Å². The minimum absolute atomic E-state index is 0.345. The van der Waals surface area contributed by atoms with Crippen LogP contribution in [0.2, 0.25) is 0 Å². The Kier molecular flexibility index (Phi) is 6.98. The van der Waals surface area contributed by atoms with Crippen molar-refractivity contribution in [2.24, 2.45) is 0 Å². The Morgan fingerprint density at radius 3 is 2.41 bits per heavy atom. The first-order valence-corrected chi connectivity index (χ1v) is 14.2. The highest BCUT2D eigenvalue weighted by Gasteiger charge is 2.24. The van der Waals surface area contributed by atoms with Crippen LogP contribution >= 0.6 is 0 Å². The molecule has 39 heavy (non-hydrogen) atoms. The van der Waals surface area contributed by atoms with Gasteiger partial charge < -0.3 is 4.57 Å². The molecule has 7 nitrogen and oxygen atoms in total. The van der Waals surface area contributed by atoms with E-state index < -0.39 is 0 Å². The van der Waals surface area contributed by atoms with E-state index in [4.69, 9.17) is 0 Å². The summed E-state index contributed by atoms with van der Waals surface area (Å²) in [5, 5.41) is 4.67. The lowest BCUT2D eigenvalue weighted by Crippen LogP contribution is -2.04. The Labute approximate surface area is 230 Å². The number of imidazole rings is 1. The highest BCUT2D eigenvalue weighted by molar-refractivity contribution is 5.71. The van der Waals surface area contributed by atoms with Crippen LogP contribution in [0.25, 0.3) is 16.9 Å². The van der Waals surface area contributed by atoms with Crippen molar-refractivity contribution in [1.29, 1.82) is 0 Å². The third kappa shape index (κ3) is 5.63. The van der Waals surface area contributed by atoms with Crippen molar-refractivity contribution in [1.82, 2.24) is 34.3 Å². The molecule has 5 aromatic heterocycles. The predicted octanol–water partition coefficient (Wildman–Crippen LogP) is 6.95. The van der Waals surface area contributed by atoms with Gasteiger partial charge in [0.1, 0.15) is 0 Å². The zero-order chi connectivity index (χ0) is 26.9. The summed E-state index contributed by atoms with van der Waals surface area (Å²) in [5.41, 5.74) is 9.29. The number of fused-ring (bicyclic) bond motifs is 1. The lowest BCUT2D eigenvalue weighted by molar-refractivity contribution is 0.584. The Balaban J connectivity index is 1.12. The van der Waals surface area contributed by atoms with Gasteiger partial charge in [0.05, 0.1) is 29.9 Å². The first-order chi connectivity index (χ1) is 18.9. The van der Waals surface area contributed by atoms with Crippen LogP contribution in [-0.4, -0.2) is 34.3 Å². The van der Waals surface area contributed by atoms with Gasteiger partial charge in [-0.2, -0.15) is 5.10 Å². The molecule has 1 aliphatic carbocycles. The lowest BCUT2D eigenvalue weighted by atomic mass is 9.95. The van der Waals surface area contributed by atoms with Gasteiger partial charge in [-0.05, 0) is 89.3 Å². The quantitative estimate of drug-likeness (QED) is 0.200. The number of rotatable bonds is 10. The van der Waals surface area contributed by atoms with Gasteiger partial charge >= 0.3 is 0 Å². The second-order valence-electron chi connectivity index (χ2n) is 11.6. The molecule has 1 saturated carbocycles. The van der Waals surface area contributed by atoms with E-state index in [9.17, 15) is 0 Å². The van der Waals surface area contributed by atoms with Crippen molar-refractivity contribution < 1.29 is 0 Å². The molecule has 200 valence electrons. The molecule has 0 amide bonds. The fraction of sp³-hybridized carbons (Fsp3) is 0.406. The average molecular weight is 520 g/mol. The summed E-state index contributed by atoms with van der Waals surface area (Å²) in [7, 11) is 0. The van der Waals surface area contributed by atoms with E-state index in [-0.39, 0.29) is 0 Å². The Morgan fingerprint density at radius 2 is 1.62 bits per heavy atom. The normalized spacial score (nSPS) is 15.2. The van der Waals surface area contributed by atoms with E-state index in [0.29, 0.717) is 17.8 Å². The SMILES string of the molecule is CC(C)c1cnc2ncn(CC[C@@H](C)c3cncc(-n4cc(C[C@@H](C)c5cncc(C6CC6)c5)cn4)c3)c2c1. The molecule has 0 bridgehead atoms. The first-order valence-electron chi connectivity index (χ1n) is 14.2. The molecule has 0 unspecified atom stereocenters.